The molecule has 5 heteroatoms. The van der Waals surface area contributed by atoms with Crippen molar-refractivity contribution >= 4 is 10.8 Å². The molecule has 5 nitrogen and oxygen atoms in total. The highest BCUT2D eigenvalue weighted by Gasteiger charge is 2.23. The van der Waals surface area contributed by atoms with Crippen LogP contribution in [0.1, 0.15) is 24.0 Å². The van der Waals surface area contributed by atoms with Gasteiger partial charge in [0.15, 0.2) is 23.0 Å². The average Bonchev–Trinajstić information content (AvgIpc) is 2.82. The van der Waals surface area contributed by atoms with Crippen molar-refractivity contribution in [2.45, 2.75) is 31.8 Å². The predicted octanol–water partition coefficient (Wildman–Crippen LogP) is 4.54. The Morgan fingerprint density at radius 1 is 1.00 bits per heavy atom. The van der Waals surface area contributed by atoms with Crippen molar-refractivity contribution in [3.05, 3.63) is 59.7 Å². The van der Waals surface area contributed by atoms with E-state index >= 15 is 0 Å². The van der Waals surface area contributed by atoms with Gasteiger partial charge in [0, 0.05) is 18.5 Å². The number of methoxy groups -OCH3 is 1. The lowest BCUT2D eigenvalue weighted by atomic mass is 9.91. The summed E-state index contributed by atoms with van der Waals surface area (Å²) in [5.41, 5.74) is 2.84. The maximum atomic E-state index is 6.21. The van der Waals surface area contributed by atoms with Crippen LogP contribution in [0.3, 0.4) is 0 Å². The number of rotatable bonds is 7. The molecule has 3 aromatic carbocycles. The molecule has 0 bridgehead atoms. The molecule has 0 radical (unpaired) electrons. The molecule has 1 atom stereocenters. The highest BCUT2D eigenvalue weighted by molar-refractivity contribution is 5.90. The van der Waals surface area contributed by atoms with Crippen molar-refractivity contribution in [2.75, 3.05) is 33.4 Å². The zero-order valence-electron chi connectivity index (χ0n) is 18.0. The molecule has 1 N–H and O–H groups in total. The topological polar surface area (TPSA) is 49.0 Å². The van der Waals surface area contributed by atoms with E-state index in [0.29, 0.717) is 26.3 Å². The highest BCUT2D eigenvalue weighted by Crippen LogP contribution is 2.37. The van der Waals surface area contributed by atoms with Crippen LogP contribution >= 0.6 is 0 Å². The molecule has 3 aromatic rings. The van der Waals surface area contributed by atoms with Gasteiger partial charge < -0.3 is 24.3 Å². The number of nitrogens with one attached hydrogen (secondary N) is 1. The van der Waals surface area contributed by atoms with Crippen molar-refractivity contribution < 1.29 is 18.9 Å². The molecule has 1 aliphatic heterocycles. The van der Waals surface area contributed by atoms with Gasteiger partial charge in [-0.1, -0.05) is 30.3 Å². The monoisotopic (exact) mass is 419 g/mol. The minimum atomic E-state index is 0.00114. The predicted molar refractivity (Wildman–Crippen MR) is 122 cm³/mol. The Morgan fingerprint density at radius 3 is 2.65 bits per heavy atom. The van der Waals surface area contributed by atoms with E-state index in [1.807, 2.05) is 18.2 Å². The first kappa shape index (κ1) is 20.0. The molecule has 2 aliphatic rings. The average molecular weight is 420 g/mol. The zero-order chi connectivity index (χ0) is 21.0. The first-order chi connectivity index (χ1) is 15.3. The van der Waals surface area contributed by atoms with Crippen LogP contribution in [0.4, 0.5) is 0 Å². The molecule has 0 unspecified atom stereocenters. The SMILES string of the molecule is COc1ccc2ccccc2c1OCCNC[C@@H]1COc2cc3c(cc2O1)CCCC3. The van der Waals surface area contributed by atoms with Gasteiger partial charge in [-0.05, 0) is 60.4 Å². The fourth-order valence-electron chi connectivity index (χ4n) is 4.46. The van der Waals surface area contributed by atoms with Crippen molar-refractivity contribution in [1.29, 1.82) is 0 Å². The maximum Gasteiger partial charge on any atom is 0.169 e. The van der Waals surface area contributed by atoms with E-state index in [-0.39, 0.29) is 6.10 Å². The molecule has 0 spiro atoms. The molecule has 0 fully saturated rings. The summed E-state index contributed by atoms with van der Waals surface area (Å²) in [6, 6.07) is 16.6. The Hall–Kier alpha value is -2.92. The number of aryl methyl sites for hydroxylation is 2. The molecule has 5 rings (SSSR count). The summed E-state index contributed by atoms with van der Waals surface area (Å²) in [7, 11) is 1.67. The fraction of sp³-hybridized carbons (Fsp3) is 0.385. The summed E-state index contributed by atoms with van der Waals surface area (Å²) in [6.45, 7) is 2.54. The Labute approximate surface area is 183 Å². The molecule has 0 aromatic heterocycles. The second kappa shape index (κ2) is 9.06. The molecule has 0 saturated heterocycles. The lowest BCUT2D eigenvalue weighted by Gasteiger charge is -2.29. The van der Waals surface area contributed by atoms with Crippen LogP contribution < -0.4 is 24.3 Å². The number of hydrogen-bond donors (Lipinski definition) is 1. The van der Waals surface area contributed by atoms with Gasteiger partial charge in [-0.3, -0.25) is 0 Å². The molecule has 162 valence electrons. The van der Waals surface area contributed by atoms with Gasteiger partial charge in [0.25, 0.3) is 0 Å². The third-order valence-corrected chi connectivity index (χ3v) is 6.09. The third kappa shape index (κ3) is 4.28. The van der Waals surface area contributed by atoms with Crippen molar-refractivity contribution in [1.82, 2.24) is 5.32 Å². The third-order valence-electron chi connectivity index (χ3n) is 6.09. The maximum absolute atomic E-state index is 6.21. The first-order valence-electron chi connectivity index (χ1n) is 11.2. The van der Waals surface area contributed by atoms with Crippen LogP contribution in [-0.4, -0.2) is 39.5 Å². The van der Waals surface area contributed by atoms with Crippen molar-refractivity contribution in [3.8, 4) is 23.0 Å². The number of fused-ring (bicyclic) bond motifs is 3. The second-order valence-electron chi connectivity index (χ2n) is 8.20. The zero-order valence-corrected chi connectivity index (χ0v) is 18.0. The summed E-state index contributed by atoms with van der Waals surface area (Å²) in [5.74, 6) is 3.32. The van der Waals surface area contributed by atoms with E-state index in [2.05, 4.69) is 35.6 Å². The molecule has 0 saturated carbocycles. The van der Waals surface area contributed by atoms with Gasteiger partial charge in [-0.25, -0.2) is 0 Å². The van der Waals surface area contributed by atoms with Gasteiger partial charge in [-0.2, -0.15) is 0 Å². The lowest BCUT2D eigenvalue weighted by molar-refractivity contribution is 0.0894. The number of benzene rings is 3. The summed E-state index contributed by atoms with van der Waals surface area (Å²) in [6.07, 6.45) is 4.83. The van der Waals surface area contributed by atoms with Gasteiger partial charge in [-0.15, -0.1) is 0 Å². The summed E-state index contributed by atoms with van der Waals surface area (Å²) in [5, 5.41) is 5.63. The largest absolute Gasteiger partial charge is 0.493 e. The van der Waals surface area contributed by atoms with Crippen LogP contribution in [-0.2, 0) is 12.8 Å². The fourth-order valence-corrected chi connectivity index (χ4v) is 4.46. The summed E-state index contributed by atoms with van der Waals surface area (Å²) >= 11 is 0. The minimum absolute atomic E-state index is 0.00114. The molecular weight excluding hydrogens is 390 g/mol. The lowest BCUT2D eigenvalue weighted by Crippen LogP contribution is -2.39. The second-order valence-corrected chi connectivity index (χ2v) is 8.20. The van der Waals surface area contributed by atoms with E-state index in [1.165, 1.54) is 24.0 Å². The Bertz CT molecular complexity index is 1060. The highest BCUT2D eigenvalue weighted by atomic mass is 16.6. The number of ether oxygens (including phenoxy) is 4. The Kier molecular flexibility index (Phi) is 5.85. The van der Waals surface area contributed by atoms with E-state index in [1.54, 1.807) is 7.11 Å². The van der Waals surface area contributed by atoms with Crippen LogP contribution in [0.2, 0.25) is 0 Å². The van der Waals surface area contributed by atoms with E-state index < -0.39 is 0 Å². The van der Waals surface area contributed by atoms with Crippen LogP contribution in [0.15, 0.2) is 48.5 Å². The summed E-state index contributed by atoms with van der Waals surface area (Å²) < 4.78 is 23.8. The van der Waals surface area contributed by atoms with E-state index in [0.717, 1.165) is 46.6 Å². The smallest absolute Gasteiger partial charge is 0.169 e. The van der Waals surface area contributed by atoms with E-state index in [9.17, 15) is 0 Å². The molecule has 0 amide bonds. The van der Waals surface area contributed by atoms with Gasteiger partial charge in [0.1, 0.15) is 19.3 Å². The first-order valence-corrected chi connectivity index (χ1v) is 11.2. The normalized spacial score (nSPS) is 17.3. The van der Waals surface area contributed by atoms with E-state index in [4.69, 9.17) is 18.9 Å². The minimum Gasteiger partial charge on any atom is -0.493 e. The van der Waals surface area contributed by atoms with Crippen LogP contribution in [0.5, 0.6) is 23.0 Å². The molecule has 31 heavy (non-hydrogen) atoms. The number of hydrogen-bond acceptors (Lipinski definition) is 5. The van der Waals surface area contributed by atoms with Crippen LogP contribution in [0, 0.1) is 0 Å². The Balaban J connectivity index is 1.14. The van der Waals surface area contributed by atoms with Crippen molar-refractivity contribution in [2.24, 2.45) is 0 Å². The standard InChI is InChI=1S/C26H29NO4/c1-28-23-11-10-18-6-4-5-9-22(18)26(23)29-13-12-27-16-21-17-30-24-14-19-7-2-3-8-20(19)15-25(24)31-21/h4-6,9-11,14-15,21,27H,2-3,7-8,12-13,16-17H2,1H3/t21-/m1/s1. The summed E-state index contributed by atoms with van der Waals surface area (Å²) in [4.78, 5) is 0. The molecule has 1 aliphatic carbocycles. The molecule has 1 heterocycles. The van der Waals surface area contributed by atoms with Gasteiger partial charge in [0.05, 0.1) is 7.11 Å². The van der Waals surface area contributed by atoms with Gasteiger partial charge >= 0.3 is 0 Å². The van der Waals surface area contributed by atoms with Crippen molar-refractivity contribution in [3.63, 3.8) is 0 Å². The van der Waals surface area contributed by atoms with Gasteiger partial charge in [0.2, 0.25) is 0 Å². The molecular formula is C26H29NO4. The quantitative estimate of drug-likeness (QED) is 0.570. The van der Waals surface area contributed by atoms with Crippen LogP contribution in [0.25, 0.3) is 10.8 Å². The Morgan fingerprint density at radius 2 is 1.81 bits per heavy atom.